The molecule has 1 saturated heterocycles. The Kier molecular flexibility index (Phi) is 10.3. The van der Waals surface area contributed by atoms with Crippen LogP contribution >= 0.6 is 34.5 Å². The van der Waals surface area contributed by atoms with Crippen molar-refractivity contribution in [2.45, 2.75) is 76.5 Å². The predicted octanol–water partition coefficient (Wildman–Crippen LogP) is 6.55. The molecule has 8 nitrogen and oxygen atoms in total. The molecular weight excluding hydrogens is 613 g/mol. The number of benzene rings is 1. The van der Waals surface area contributed by atoms with Crippen molar-refractivity contribution in [3.63, 3.8) is 0 Å². The van der Waals surface area contributed by atoms with Crippen LogP contribution in [0, 0.1) is 11.8 Å². The van der Waals surface area contributed by atoms with Crippen molar-refractivity contribution >= 4 is 50.5 Å². The van der Waals surface area contributed by atoms with Crippen molar-refractivity contribution < 1.29 is 13.2 Å². The molecule has 2 aromatic heterocycles. The van der Waals surface area contributed by atoms with E-state index in [1.165, 1.54) is 11.3 Å². The topological polar surface area (TPSA) is 96.3 Å². The minimum atomic E-state index is -3.60. The van der Waals surface area contributed by atoms with Gasteiger partial charge in [-0.25, -0.2) is 22.8 Å². The number of hydrazine groups is 1. The predicted molar refractivity (Wildman–Crippen MR) is 170 cm³/mol. The van der Waals surface area contributed by atoms with Gasteiger partial charge in [0.05, 0.1) is 31.4 Å². The zero-order valence-electron chi connectivity index (χ0n) is 23.6. The summed E-state index contributed by atoms with van der Waals surface area (Å²) in [6, 6.07) is 8.94. The number of carbonyl (C=O) groups excluding carboxylic acids is 1. The summed E-state index contributed by atoms with van der Waals surface area (Å²) in [6.45, 7) is 3.49. The lowest BCUT2D eigenvalue weighted by Crippen LogP contribution is -2.45. The van der Waals surface area contributed by atoms with Crippen LogP contribution in [0.1, 0.15) is 85.6 Å². The number of rotatable bonds is 9. The van der Waals surface area contributed by atoms with Crippen LogP contribution in [0.2, 0.25) is 10.0 Å². The molecule has 3 heterocycles. The number of hydrogen-bond donors (Lipinski definition) is 2. The fourth-order valence-electron chi connectivity index (χ4n) is 5.38. The second-order valence-electron chi connectivity index (χ2n) is 10.7. The van der Waals surface area contributed by atoms with E-state index in [4.69, 9.17) is 28.3 Å². The molecule has 12 heteroatoms. The molecule has 1 aliphatic heterocycles. The van der Waals surface area contributed by atoms with E-state index in [0.717, 1.165) is 67.8 Å². The smallest absolute Gasteiger partial charge is 0.283 e. The van der Waals surface area contributed by atoms with Crippen LogP contribution in [0.4, 0.5) is 0 Å². The zero-order chi connectivity index (χ0) is 29.7. The van der Waals surface area contributed by atoms with E-state index < -0.39 is 21.2 Å². The lowest BCUT2D eigenvalue weighted by Gasteiger charge is -2.26. The highest BCUT2D eigenvalue weighted by molar-refractivity contribution is 7.90. The fraction of sp³-hybridized carbons (Fsp3) is 0.467. The lowest BCUT2D eigenvalue weighted by molar-refractivity contribution is 0.0743. The molecule has 0 radical (unpaired) electrons. The molecule has 0 spiro atoms. The van der Waals surface area contributed by atoms with Crippen LogP contribution in [0.25, 0.3) is 16.3 Å². The van der Waals surface area contributed by atoms with Gasteiger partial charge in [-0.05, 0) is 62.4 Å². The van der Waals surface area contributed by atoms with Gasteiger partial charge in [-0.1, -0.05) is 61.2 Å². The van der Waals surface area contributed by atoms with Gasteiger partial charge in [0.15, 0.2) is 5.69 Å². The Morgan fingerprint density at radius 2 is 1.86 bits per heavy atom. The maximum absolute atomic E-state index is 13.8. The third-order valence-corrected chi connectivity index (χ3v) is 11.0. The fourth-order valence-corrected chi connectivity index (χ4v) is 8.34. The van der Waals surface area contributed by atoms with E-state index in [0.29, 0.717) is 39.8 Å². The van der Waals surface area contributed by atoms with Crippen molar-refractivity contribution in [3.8, 4) is 28.1 Å². The second-order valence-corrected chi connectivity index (χ2v) is 14.6. The highest BCUT2D eigenvalue weighted by Gasteiger charge is 2.32. The zero-order valence-corrected chi connectivity index (χ0v) is 26.7. The van der Waals surface area contributed by atoms with Crippen LogP contribution in [0.5, 0.6) is 0 Å². The van der Waals surface area contributed by atoms with Crippen molar-refractivity contribution in [2.75, 3.05) is 13.1 Å². The third kappa shape index (κ3) is 7.21. The Hall–Kier alpha value is -2.39. The highest BCUT2D eigenvalue weighted by Crippen LogP contribution is 2.37. The first-order valence-electron chi connectivity index (χ1n) is 14.5. The maximum atomic E-state index is 13.8. The molecule has 3 aromatic rings. The number of carbonyl (C=O) groups is 1. The number of thiophene rings is 1. The quantitative estimate of drug-likeness (QED) is 0.257. The molecule has 2 fully saturated rings. The second kappa shape index (κ2) is 13.9. The first kappa shape index (κ1) is 31.0. The minimum absolute atomic E-state index is 0.0864. The van der Waals surface area contributed by atoms with Gasteiger partial charge in [0, 0.05) is 36.6 Å². The summed E-state index contributed by atoms with van der Waals surface area (Å²) < 4.78 is 31.0. The average Bonchev–Trinajstić information content (AvgIpc) is 3.73. The molecule has 1 amide bonds. The Balaban J connectivity index is 1.63. The van der Waals surface area contributed by atoms with Crippen LogP contribution in [-0.4, -0.2) is 47.5 Å². The van der Waals surface area contributed by atoms with Crippen molar-refractivity contribution in [1.29, 1.82) is 0 Å². The van der Waals surface area contributed by atoms with Crippen molar-refractivity contribution in [2.24, 2.45) is 0 Å². The number of nitrogens with zero attached hydrogens (tertiary/aromatic N) is 3. The van der Waals surface area contributed by atoms with E-state index in [1.54, 1.807) is 22.9 Å². The summed E-state index contributed by atoms with van der Waals surface area (Å²) in [5.74, 6) is 5.99. The molecule has 2 aliphatic rings. The van der Waals surface area contributed by atoms with Gasteiger partial charge in [-0.2, -0.15) is 5.10 Å². The molecule has 0 atom stereocenters. The van der Waals surface area contributed by atoms with Crippen LogP contribution in [0.3, 0.4) is 0 Å². The van der Waals surface area contributed by atoms with Gasteiger partial charge in [0.1, 0.15) is 0 Å². The molecule has 1 saturated carbocycles. The van der Waals surface area contributed by atoms with Crippen molar-refractivity contribution in [1.82, 2.24) is 24.9 Å². The largest absolute Gasteiger partial charge is 0.286 e. The van der Waals surface area contributed by atoms with E-state index in [2.05, 4.69) is 28.9 Å². The monoisotopic (exact) mass is 647 g/mol. The van der Waals surface area contributed by atoms with Gasteiger partial charge < -0.3 is 0 Å². The molecule has 1 aliphatic carbocycles. The Bertz CT molecular complexity index is 1590. The maximum Gasteiger partial charge on any atom is 0.286 e. The van der Waals surface area contributed by atoms with Gasteiger partial charge in [-0.3, -0.25) is 10.2 Å². The molecule has 224 valence electrons. The number of piperidine rings is 1. The SMILES string of the molecule is CCCC#Cc1ccc(-c2c(CNS(=O)(=O)C3CCCC3)c(C(=O)NN3CCCCC3)nn2-c2ccc(Cl)cc2Cl)s1. The molecule has 2 N–H and O–H groups in total. The molecule has 0 unspecified atom stereocenters. The van der Waals surface area contributed by atoms with Crippen LogP contribution in [0.15, 0.2) is 30.3 Å². The number of amides is 1. The molecular formula is C30H35Cl2N5O3S2. The summed E-state index contributed by atoms with van der Waals surface area (Å²) in [6.07, 6.45) is 7.92. The average molecular weight is 649 g/mol. The highest BCUT2D eigenvalue weighted by atomic mass is 35.5. The number of sulfonamides is 1. The Morgan fingerprint density at radius 1 is 1.10 bits per heavy atom. The van der Waals surface area contributed by atoms with Crippen LogP contribution in [-0.2, 0) is 16.6 Å². The summed E-state index contributed by atoms with van der Waals surface area (Å²) in [7, 11) is -3.60. The van der Waals surface area contributed by atoms with Gasteiger partial charge in [-0.15, -0.1) is 11.3 Å². The van der Waals surface area contributed by atoms with Crippen molar-refractivity contribution in [3.05, 3.63) is 56.5 Å². The Labute approximate surface area is 261 Å². The number of hydrogen-bond acceptors (Lipinski definition) is 6. The number of halogens is 2. The lowest BCUT2D eigenvalue weighted by atomic mass is 10.1. The standard InChI is InChI=1S/C30H35Cl2N5O3S2/c1-2-3-5-10-22-14-16-27(41-22)29-24(20-33-42(39,40)23-11-6-7-12-23)28(30(38)35-36-17-8-4-9-18-36)34-37(29)26-15-13-21(31)19-25(26)32/h13-16,19,23,33H,2-4,6-9,11-12,17-18,20H2,1H3,(H,35,38). The normalized spacial score (nSPS) is 16.4. The van der Waals surface area contributed by atoms with E-state index in [1.807, 2.05) is 17.1 Å². The van der Waals surface area contributed by atoms with Gasteiger partial charge >= 0.3 is 0 Å². The summed E-state index contributed by atoms with van der Waals surface area (Å²) in [5, 5.41) is 7.07. The molecule has 0 bridgehead atoms. The van der Waals surface area contributed by atoms with E-state index >= 15 is 0 Å². The first-order valence-corrected chi connectivity index (χ1v) is 17.6. The third-order valence-electron chi connectivity index (χ3n) is 7.57. The van der Waals surface area contributed by atoms with Gasteiger partial charge in [0.2, 0.25) is 10.0 Å². The number of aromatic nitrogens is 2. The summed E-state index contributed by atoms with van der Waals surface area (Å²) >= 11 is 14.3. The van der Waals surface area contributed by atoms with E-state index in [9.17, 15) is 13.2 Å². The first-order chi connectivity index (χ1) is 20.3. The molecule has 5 rings (SSSR count). The molecule has 1 aromatic carbocycles. The summed E-state index contributed by atoms with van der Waals surface area (Å²) in [5.41, 5.74) is 4.74. The minimum Gasteiger partial charge on any atom is -0.283 e. The summed E-state index contributed by atoms with van der Waals surface area (Å²) in [4.78, 5) is 15.4. The van der Waals surface area contributed by atoms with Gasteiger partial charge in [0.25, 0.3) is 5.91 Å². The molecule has 42 heavy (non-hydrogen) atoms. The number of unbranched alkanes of at least 4 members (excludes halogenated alkanes) is 1. The van der Waals surface area contributed by atoms with E-state index in [-0.39, 0.29) is 12.2 Å². The van der Waals surface area contributed by atoms with Crippen LogP contribution < -0.4 is 10.1 Å². The number of nitrogens with one attached hydrogen (secondary N) is 2. The Morgan fingerprint density at radius 3 is 2.57 bits per heavy atom.